The molecule has 1 aliphatic heterocycles. The predicted octanol–water partition coefficient (Wildman–Crippen LogP) is 8.04. The van der Waals surface area contributed by atoms with Crippen LogP contribution in [0.15, 0.2) is 128 Å². The van der Waals surface area contributed by atoms with Crippen molar-refractivity contribution in [3.05, 3.63) is 147 Å². The number of rotatable bonds is 7. The average molecular weight is 676 g/mol. The Labute approximate surface area is 236 Å². The predicted molar refractivity (Wildman–Crippen MR) is 146 cm³/mol. The molecule has 0 bridgehead atoms. The second-order valence-electron chi connectivity index (χ2n) is 8.24. The van der Waals surface area contributed by atoms with Crippen molar-refractivity contribution in [1.29, 1.82) is 0 Å². The van der Waals surface area contributed by atoms with Crippen molar-refractivity contribution in [2.75, 3.05) is 9.80 Å². The van der Waals surface area contributed by atoms with Crippen molar-refractivity contribution < 1.29 is 30.5 Å². The first-order chi connectivity index (χ1) is 18.3. The molecule has 6 heteroatoms. The summed E-state index contributed by atoms with van der Waals surface area (Å²) in [6.07, 6.45) is 5.22. The van der Waals surface area contributed by atoms with Crippen molar-refractivity contribution in [1.82, 2.24) is 4.98 Å². The molecule has 0 saturated carbocycles. The van der Waals surface area contributed by atoms with Crippen LogP contribution in [0.1, 0.15) is 0 Å². The number of anilines is 4. The molecule has 0 amide bonds. The minimum absolute atomic E-state index is 0. The molecule has 0 spiro atoms. The van der Waals surface area contributed by atoms with Crippen LogP contribution in [-0.4, -0.2) is 4.98 Å². The fourth-order valence-electron chi connectivity index (χ4n) is 4.16. The standard InChI is InChI=1S/C32H22N3O2.Pt/c1-2-10-25(11-3-1)30-16-4-5-17-31(30)35(32-18-6-7-19-33-32)27-13-9-15-29(23-27)37-28-14-8-12-26(22-28)34-20-21-36-24-34;/h1-21,24H;/q-3;. The van der Waals surface area contributed by atoms with Crippen LogP contribution >= 0.6 is 0 Å². The van der Waals surface area contributed by atoms with E-state index in [0.29, 0.717) is 11.5 Å². The van der Waals surface area contributed by atoms with Crippen LogP contribution < -0.4 is 14.5 Å². The van der Waals surface area contributed by atoms with Crippen molar-refractivity contribution in [3.8, 4) is 22.6 Å². The topological polar surface area (TPSA) is 37.8 Å². The van der Waals surface area contributed by atoms with E-state index < -0.39 is 0 Å². The summed E-state index contributed by atoms with van der Waals surface area (Å²) in [5.41, 5.74) is 4.82. The minimum atomic E-state index is 0. The van der Waals surface area contributed by atoms with Gasteiger partial charge in [-0.2, -0.15) is 12.1 Å². The Morgan fingerprint density at radius 1 is 0.763 bits per heavy atom. The van der Waals surface area contributed by atoms with Gasteiger partial charge in [0, 0.05) is 50.5 Å². The Balaban J connectivity index is 0.00000294. The number of benzene rings is 4. The first-order valence-corrected chi connectivity index (χ1v) is 11.9. The van der Waals surface area contributed by atoms with Gasteiger partial charge in [-0.3, -0.25) is 0 Å². The second-order valence-corrected chi connectivity index (χ2v) is 8.24. The van der Waals surface area contributed by atoms with Gasteiger partial charge in [0.25, 0.3) is 0 Å². The molecule has 0 aliphatic carbocycles. The Morgan fingerprint density at radius 2 is 1.53 bits per heavy atom. The summed E-state index contributed by atoms with van der Waals surface area (Å²) in [5.74, 6) is 1.93. The van der Waals surface area contributed by atoms with Gasteiger partial charge in [0.05, 0.1) is 11.9 Å². The molecule has 1 aliphatic rings. The first kappa shape index (κ1) is 25.3. The zero-order valence-electron chi connectivity index (χ0n) is 20.2. The summed E-state index contributed by atoms with van der Waals surface area (Å²) < 4.78 is 11.4. The van der Waals surface area contributed by atoms with Gasteiger partial charge < -0.3 is 19.3 Å². The smallest absolute Gasteiger partial charge is 0.135 e. The number of nitrogens with zero attached hydrogens (tertiary/aromatic N) is 3. The van der Waals surface area contributed by atoms with E-state index in [-0.39, 0.29) is 21.1 Å². The van der Waals surface area contributed by atoms with Crippen molar-refractivity contribution in [2.24, 2.45) is 0 Å². The van der Waals surface area contributed by atoms with E-state index in [0.717, 1.165) is 34.0 Å². The largest absolute Gasteiger partial charge is 0.646 e. The van der Waals surface area contributed by atoms with Crippen LogP contribution in [0.5, 0.6) is 11.5 Å². The van der Waals surface area contributed by atoms with E-state index in [4.69, 9.17) is 9.47 Å². The summed E-state index contributed by atoms with van der Waals surface area (Å²) in [4.78, 5) is 8.59. The number of hydrogen-bond donors (Lipinski definition) is 0. The molecule has 6 rings (SSSR count). The zero-order valence-corrected chi connectivity index (χ0v) is 22.4. The third-order valence-corrected chi connectivity index (χ3v) is 5.83. The fraction of sp³-hybridized carbons (Fsp3) is 0. The molecule has 5 aromatic rings. The molecule has 4 aromatic carbocycles. The molecule has 0 radical (unpaired) electrons. The third-order valence-electron chi connectivity index (χ3n) is 5.83. The van der Waals surface area contributed by atoms with Crippen molar-refractivity contribution >= 4 is 22.9 Å². The van der Waals surface area contributed by atoms with Crippen molar-refractivity contribution in [3.63, 3.8) is 0 Å². The Morgan fingerprint density at radius 3 is 2.32 bits per heavy atom. The quantitative estimate of drug-likeness (QED) is 0.163. The summed E-state index contributed by atoms with van der Waals surface area (Å²) in [6, 6.07) is 42.8. The van der Waals surface area contributed by atoms with Gasteiger partial charge in [0.1, 0.15) is 5.82 Å². The molecule has 190 valence electrons. The zero-order chi connectivity index (χ0) is 24.9. The van der Waals surface area contributed by atoms with Gasteiger partial charge in [-0.25, -0.2) is 4.98 Å². The summed E-state index contributed by atoms with van der Waals surface area (Å²) in [6.45, 7) is 1.61. The number of pyridine rings is 1. The molecule has 0 fully saturated rings. The number of aromatic nitrogens is 1. The third kappa shape index (κ3) is 5.48. The fourth-order valence-corrected chi connectivity index (χ4v) is 4.16. The summed E-state index contributed by atoms with van der Waals surface area (Å²) in [7, 11) is 0. The van der Waals surface area contributed by atoms with E-state index in [1.54, 1.807) is 19.2 Å². The van der Waals surface area contributed by atoms with Gasteiger partial charge in [0.2, 0.25) is 0 Å². The Bertz CT molecular complexity index is 1530. The van der Waals surface area contributed by atoms with Crippen LogP contribution in [0.2, 0.25) is 0 Å². The maximum Gasteiger partial charge on any atom is 0.135 e. The maximum absolute atomic E-state index is 6.19. The Hall–Kier alpha value is -4.34. The SMILES string of the molecule is [Pt].[c-]1c(Oc2[c-]c(N(c3ccccn3)c3ccccc3-c3ccccc3)ccc2)cccc1N1C=CO[CH-]1. The van der Waals surface area contributed by atoms with Gasteiger partial charge >= 0.3 is 0 Å². The molecular formula is C32H22N3O2Pt-3. The summed E-state index contributed by atoms with van der Waals surface area (Å²) in [5, 5.41) is 0. The molecule has 0 saturated heterocycles. The molecular weight excluding hydrogens is 653 g/mol. The maximum atomic E-state index is 6.19. The minimum Gasteiger partial charge on any atom is -0.646 e. The van der Waals surface area contributed by atoms with Crippen LogP contribution in [0.25, 0.3) is 11.1 Å². The van der Waals surface area contributed by atoms with Gasteiger partial charge in [-0.15, -0.1) is 36.4 Å². The number of hydrogen-bond acceptors (Lipinski definition) is 5. The van der Waals surface area contributed by atoms with Crippen molar-refractivity contribution in [2.45, 2.75) is 0 Å². The van der Waals surface area contributed by atoms with Gasteiger partial charge in [-0.1, -0.05) is 72.7 Å². The van der Waals surface area contributed by atoms with Crippen LogP contribution in [0, 0.1) is 18.9 Å². The number of para-hydroxylation sites is 1. The van der Waals surface area contributed by atoms with Gasteiger partial charge in [0.15, 0.2) is 0 Å². The van der Waals surface area contributed by atoms with E-state index >= 15 is 0 Å². The first-order valence-electron chi connectivity index (χ1n) is 11.9. The molecule has 38 heavy (non-hydrogen) atoms. The van der Waals surface area contributed by atoms with Crippen LogP contribution in [0.3, 0.4) is 0 Å². The second kappa shape index (κ2) is 11.8. The van der Waals surface area contributed by atoms with Crippen LogP contribution in [-0.2, 0) is 25.8 Å². The molecule has 0 atom stereocenters. The van der Waals surface area contributed by atoms with Crippen LogP contribution in [0.4, 0.5) is 22.9 Å². The molecule has 5 nitrogen and oxygen atoms in total. The molecule has 1 aromatic heterocycles. The van der Waals surface area contributed by atoms with E-state index in [2.05, 4.69) is 46.3 Å². The van der Waals surface area contributed by atoms with E-state index in [9.17, 15) is 0 Å². The van der Waals surface area contributed by atoms with E-state index in [1.165, 1.54) is 0 Å². The summed E-state index contributed by atoms with van der Waals surface area (Å²) >= 11 is 0. The molecule has 2 heterocycles. The van der Waals surface area contributed by atoms with Gasteiger partial charge in [-0.05, 0) is 23.8 Å². The molecule has 0 unspecified atom stereocenters. The Kier molecular flexibility index (Phi) is 7.86. The normalized spacial score (nSPS) is 11.9. The van der Waals surface area contributed by atoms with E-state index in [1.807, 2.05) is 96.0 Å². The average Bonchev–Trinajstić information content (AvgIpc) is 3.51. The molecule has 0 N–H and O–H groups in total. The monoisotopic (exact) mass is 675 g/mol. The number of ether oxygens (including phenoxy) is 2.